The summed E-state index contributed by atoms with van der Waals surface area (Å²) >= 11 is 0. The Morgan fingerprint density at radius 3 is 2.95 bits per heavy atom. The summed E-state index contributed by atoms with van der Waals surface area (Å²) in [5.41, 5.74) is 6.72. The molecular weight excluding hydrogens is 276 g/mol. The van der Waals surface area contributed by atoms with Crippen LogP contribution in [-0.2, 0) is 11.8 Å². The van der Waals surface area contributed by atoms with Gasteiger partial charge in [-0.15, -0.1) is 12.4 Å². The van der Waals surface area contributed by atoms with E-state index in [0.717, 1.165) is 25.1 Å². The van der Waals surface area contributed by atoms with Gasteiger partial charge in [-0.25, -0.2) is 0 Å². The largest absolute Gasteiger partial charge is 0.335 e. The molecule has 1 saturated heterocycles. The molecule has 0 spiro atoms. The second kappa shape index (κ2) is 7.45. The van der Waals surface area contributed by atoms with Gasteiger partial charge in [0.25, 0.3) is 0 Å². The predicted octanol–water partition coefficient (Wildman–Crippen LogP) is 1.44. The van der Waals surface area contributed by atoms with E-state index in [-0.39, 0.29) is 24.4 Å². The highest BCUT2D eigenvalue weighted by atomic mass is 35.5. The molecule has 1 aromatic rings. The minimum Gasteiger partial charge on any atom is -0.335 e. The van der Waals surface area contributed by atoms with Gasteiger partial charge in [-0.05, 0) is 30.9 Å². The normalized spacial score (nSPS) is 22.9. The van der Waals surface area contributed by atoms with E-state index >= 15 is 0 Å². The topological polar surface area (TPSA) is 64.2 Å². The van der Waals surface area contributed by atoms with E-state index in [1.54, 1.807) is 17.0 Å². The fourth-order valence-electron chi connectivity index (χ4n) is 2.68. The lowest BCUT2D eigenvalue weighted by atomic mass is 9.90. The van der Waals surface area contributed by atoms with Gasteiger partial charge in [0.05, 0.1) is 5.69 Å². The van der Waals surface area contributed by atoms with Crippen molar-refractivity contribution >= 4 is 24.4 Å². The molecule has 112 valence electrons. The first kappa shape index (κ1) is 16.7. The highest BCUT2D eigenvalue weighted by Gasteiger charge is 2.29. The Kier molecular flexibility index (Phi) is 6.23. The highest BCUT2D eigenvalue weighted by Crippen LogP contribution is 2.22. The summed E-state index contributed by atoms with van der Waals surface area (Å²) in [4.78, 5) is 14.2. The van der Waals surface area contributed by atoms with Crippen LogP contribution in [0, 0.1) is 5.92 Å². The fourth-order valence-corrected chi connectivity index (χ4v) is 2.68. The van der Waals surface area contributed by atoms with Gasteiger partial charge in [-0.1, -0.05) is 6.92 Å². The van der Waals surface area contributed by atoms with Crippen molar-refractivity contribution in [3.63, 3.8) is 0 Å². The van der Waals surface area contributed by atoms with Crippen LogP contribution in [0.2, 0.25) is 0 Å². The number of carbonyl (C=O) groups is 1. The molecule has 2 rings (SSSR count). The Bertz CT molecular complexity index is 471. The molecular formula is C14H23ClN4O. The molecule has 1 aromatic heterocycles. The minimum atomic E-state index is 0. The lowest BCUT2D eigenvalue weighted by Gasteiger charge is -2.38. The number of piperidine rings is 1. The van der Waals surface area contributed by atoms with Gasteiger partial charge in [0.15, 0.2) is 0 Å². The zero-order valence-electron chi connectivity index (χ0n) is 12.0. The third-order valence-corrected chi connectivity index (χ3v) is 3.90. The van der Waals surface area contributed by atoms with E-state index in [0.29, 0.717) is 12.5 Å². The van der Waals surface area contributed by atoms with E-state index in [4.69, 9.17) is 5.73 Å². The molecule has 2 N–H and O–H groups in total. The molecule has 20 heavy (non-hydrogen) atoms. The molecule has 0 saturated carbocycles. The van der Waals surface area contributed by atoms with Gasteiger partial charge < -0.3 is 10.6 Å². The zero-order chi connectivity index (χ0) is 13.8. The van der Waals surface area contributed by atoms with Crippen LogP contribution in [0.4, 0.5) is 0 Å². The van der Waals surface area contributed by atoms with Crippen LogP contribution in [0.15, 0.2) is 18.3 Å². The Labute approximate surface area is 126 Å². The van der Waals surface area contributed by atoms with E-state index < -0.39 is 0 Å². The number of carbonyl (C=O) groups excluding carboxylic acids is 1. The van der Waals surface area contributed by atoms with Gasteiger partial charge in [-0.2, -0.15) is 5.10 Å². The molecule has 0 aliphatic carbocycles. The van der Waals surface area contributed by atoms with Crippen molar-refractivity contribution in [1.82, 2.24) is 14.7 Å². The molecule has 2 atom stereocenters. The number of hydrogen-bond acceptors (Lipinski definition) is 3. The standard InChI is InChI=1S/C14H22N4O.ClH/c1-11-4-3-9-18(13(11)10-15)14(19)6-5-12-7-8-16-17(12)2;/h5-8,11,13H,3-4,9-10,15H2,1-2H3;1H/b6-5+;. The molecule has 1 amide bonds. The van der Waals surface area contributed by atoms with E-state index in [9.17, 15) is 4.79 Å². The molecule has 2 heterocycles. The molecule has 0 radical (unpaired) electrons. The molecule has 1 aliphatic rings. The Balaban J connectivity index is 0.00000200. The maximum Gasteiger partial charge on any atom is 0.246 e. The lowest BCUT2D eigenvalue weighted by molar-refractivity contribution is -0.130. The van der Waals surface area contributed by atoms with Crippen molar-refractivity contribution in [3.05, 3.63) is 24.0 Å². The number of likely N-dealkylation sites (tertiary alicyclic amines) is 1. The van der Waals surface area contributed by atoms with Crippen molar-refractivity contribution in [1.29, 1.82) is 0 Å². The highest BCUT2D eigenvalue weighted by molar-refractivity contribution is 5.91. The molecule has 5 nitrogen and oxygen atoms in total. The number of rotatable bonds is 3. The van der Waals surface area contributed by atoms with Crippen LogP contribution in [0.1, 0.15) is 25.5 Å². The summed E-state index contributed by atoms with van der Waals surface area (Å²) in [7, 11) is 1.86. The maximum absolute atomic E-state index is 12.3. The second-order valence-electron chi connectivity index (χ2n) is 5.17. The SMILES string of the molecule is CC1CCCN(C(=O)/C=C/c2ccnn2C)C1CN.Cl. The van der Waals surface area contributed by atoms with Crippen molar-refractivity contribution in [2.24, 2.45) is 18.7 Å². The summed E-state index contributed by atoms with van der Waals surface area (Å²) < 4.78 is 1.74. The molecule has 1 fully saturated rings. The fraction of sp³-hybridized carbons (Fsp3) is 0.571. The van der Waals surface area contributed by atoms with Crippen LogP contribution in [-0.4, -0.2) is 39.7 Å². The average Bonchev–Trinajstić information content (AvgIpc) is 2.81. The first-order valence-corrected chi connectivity index (χ1v) is 6.80. The van der Waals surface area contributed by atoms with Crippen LogP contribution in [0.5, 0.6) is 0 Å². The van der Waals surface area contributed by atoms with E-state index in [1.165, 1.54) is 0 Å². The van der Waals surface area contributed by atoms with Crippen molar-refractivity contribution in [3.8, 4) is 0 Å². The van der Waals surface area contributed by atoms with Gasteiger partial charge in [0, 0.05) is 38.5 Å². The Morgan fingerprint density at radius 1 is 1.60 bits per heavy atom. The van der Waals surface area contributed by atoms with Gasteiger partial charge in [-0.3, -0.25) is 9.48 Å². The zero-order valence-corrected chi connectivity index (χ0v) is 12.8. The smallest absolute Gasteiger partial charge is 0.246 e. The Hall–Kier alpha value is -1.33. The summed E-state index contributed by atoms with van der Waals surface area (Å²) in [5, 5.41) is 4.07. The summed E-state index contributed by atoms with van der Waals surface area (Å²) in [6.07, 6.45) is 7.36. The average molecular weight is 299 g/mol. The summed E-state index contributed by atoms with van der Waals surface area (Å²) in [5.74, 6) is 0.524. The van der Waals surface area contributed by atoms with Crippen LogP contribution in [0.3, 0.4) is 0 Å². The van der Waals surface area contributed by atoms with Crippen molar-refractivity contribution in [2.75, 3.05) is 13.1 Å². The maximum atomic E-state index is 12.3. The van der Waals surface area contributed by atoms with Crippen LogP contribution in [0.25, 0.3) is 6.08 Å². The molecule has 2 unspecified atom stereocenters. The molecule has 0 aromatic carbocycles. The first-order chi connectivity index (χ1) is 9.13. The van der Waals surface area contributed by atoms with E-state index in [2.05, 4.69) is 12.0 Å². The number of nitrogens with zero attached hydrogens (tertiary/aromatic N) is 3. The van der Waals surface area contributed by atoms with Crippen molar-refractivity contribution in [2.45, 2.75) is 25.8 Å². The van der Waals surface area contributed by atoms with Crippen LogP contribution < -0.4 is 5.73 Å². The number of hydrogen-bond donors (Lipinski definition) is 1. The quantitative estimate of drug-likeness (QED) is 0.859. The molecule has 0 bridgehead atoms. The minimum absolute atomic E-state index is 0. The number of amides is 1. The summed E-state index contributed by atoms with van der Waals surface area (Å²) in [6.45, 7) is 3.51. The number of aromatic nitrogens is 2. The van der Waals surface area contributed by atoms with Gasteiger partial charge >= 0.3 is 0 Å². The molecule has 1 aliphatic heterocycles. The monoisotopic (exact) mass is 298 g/mol. The number of aryl methyl sites for hydroxylation is 1. The third-order valence-electron chi connectivity index (χ3n) is 3.90. The Morgan fingerprint density at radius 2 is 2.35 bits per heavy atom. The third kappa shape index (κ3) is 3.61. The van der Waals surface area contributed by atoms with E-state index in [1.807, 2.05) is 24.1 Å². The lowest BCUT2D eigenvalue weighted by Crippen LogP contribution is -2.50. The predicted molar refractivity (Wildman–Crippen MR) is 82.4 cm³/mol. The first-order valence-electron chi connectivity index (χ1n) is 6.80. The van der Waals surface area contributed by atoms with Gasteiger partial charge in [0.2, 0.25) is 5.91 Å². The number of halogens is 1. The molecule has 6 heteroatoms. The second-order valence-corrected chi connectivity index (χ2v) is 5.17. The van der Waals surface area contributed by atoms with Gasteiger partial charge in [0.1, 0.15) is 0 Å². The van der Waals surface area contributed by atoms with Crippen LogP contribution >= 0.6 is 12.4 Å². The number of nitrogens with two attached hydrogens (primary N) is 1. The summed E-state index contributed by atoms with van der Waals surface area (Å²) in [6, 6.07) is 2.04. The van der Waals surface area contributed by atoms with Crippen molar-refractivity contribution < 1.29 is 4.79 Å².